The summed E-state index contributed by atoms with van der Waals surface area (Å²) in [6, 6.07) is 4.36. The van der Waals surface area contributed by atoms with Gasteiger partial charge in [0.2, 0.25) is 10.0 Å². The molecule has 0 aliphatic heterocycles. The van der Waals surface area contributed by atoms with Crippen LogP contribution in [0.2, 0.25) is 0 Å². The van der Waals surface area contributed by atoms with Crippen LogP contribution in [0.1, 0.15) is 0 Å². The van der Waals surface area contributed by atoms with Crippen molar-refractivity contribution >= 4 is 27.7 Å². The van der Waals surface area contributed by atoms with E-state index in [0.29, 0.717) is 0 Å². The van der Waals surface area contributed by atoms with Gasteiger partial charge in [-0.1, -0.05) is 6.07 Å². The summed E-state index contributed by atoms with van der Waals surface area (Å²) >= 11 is 0. The first-order valence-electron chi connectivity index (χ1n) is 4.82. The van der Waals surface area contributed by atoms with Gasteiger partial charge in [-0.15, -0.1) is 0 Å². The number of hydrogen-bond acceptors (Lipinski definition) is 5. The summed E-state index contributed by atoms with van der Waals surface area (Å²) in [7, 11) is -3.87. The molecule has 0 saturated heterocycles. The molecule has 0 aliphatic rings. The first-order valence-corrected chi connectivity index (χ1v) is 6.37. The van der Waals surface area contributed by atoms with Crippen molar-refractivity contribution in [3.8, 4) is 0 Å². The summed E-state index contributed by atoms with van der Waals surface area (Å²) in [5, 5.41) is 15.4. The molecule has 104 valence electrons. The van der Waals surface area contributed by atoms with E-state index >= 15 is 0 Å². The van der Waals surface area contributed by atoms with E-state index in [0.717, 1.165) is 6.07 Å². The van der Waals surface area contributed by atoms with Crippen LogP contribution >= 0.6 is 0 Å². The maximum atomic E-state index is 11.2. The summed E-state index contributed by atoms with van der Waals surface area (Å²) in [5.41, 5.74) is 1.96. The van der Waals surface area contributed by atoms with Gasteiger partial charge in [0.25, 0.3) is 0 Å². The van der Waals surface area contributed by atoms with Gasteiger partial charge in [0.1, 0.15) is 0 Å². The summed E-state index contributed by atoms with van der Waals surface area (Å²) in [6.07, 6.45) is 0. The molecule has 1 rings (SSSR count). The predicted molar refractivity (Wildman–Crippen MR) is 63.6 cm³/mol. The molecule has 1 aromatic carbocycles. The highest BCUT2D eigenvalue weighted by Gasteiger charge is 2.09. The lowest BCUT2D eigenvalue weighted by atomic mass is 10.3. The monoisotopic (exact) mass is 289 g/mol. The first-order chi connectivity index (χ1) is 8.79. The number of urea groups is 1. The van der Waals surface area contributed by atoms with Gasteiger partial charge in [0.05, 0.1) is 4.90 Å². The number of carbonyl (C=O) groups is 2. The van der Waals surface area contributed by atoms with Gasteiger partial charge in [0, 0.05) is 5.69 Å². The minimum atomic E-state index is -3.87. The molecule has 0 atom stereocenters. The van der Waals surface area contributed by atoms with E-state index in [1.54, 1.807) is 0 Å². The van der Waals surface area contributed by atoms with E-state index in [1.807, 2.05) is 5.48 Å². The Balaban J connectivity index is 2.62. The Bertz CT molecular complexity index is 585. The lowest BCUT2D eigenvalue weighted by molar-refractivity contribution is -0.143. The molecule has 0 heterocycles. The second-order valence-electron chi connectivity index (χ2n) is 3.31. The maximum absolute atomic E-state index is 11.2. The van der Waals surface area contributed by atoms with Crippen molar-refractivity contribution in [3.63, 3.8) is 0 Å². The molecular weight excluding hydrogens is 278 g/mol. The molecule has 0 saturated carbocycles. The van der Waals surface area contributed by atoms with E-state index in [-0.39, 0.29) is 10.6 Å². The van der Waals surface area contributed by atoms with Crippen molar-refractivity contribution in [1.29, 1.82) is 0 Å². The number of amides is 2. The van der Waals surface area contributed by atoms with Gasteiger partial charge in [-0.05, 0) is 18.2 Å². The number of hydrogen-bond donors (Lipinski definition) is 4. The minimum absolute atomic E-state index is 0.156. The molecule has 19 heavy (non-hydrogen) atoms. The van der Waals surface area contributed by atoms with Crippen molar-refractivity contribution in [2.45, 2.75) is 4.90 Å². The number of anilines is 1. The fraction of sp³-hybridized carbons (Fsp3) is 0.111. The zero-order valence-corrected chi connectivity index (χ0v) is 10.3. The Morgan fingerprint density at radius 1 is 1.37 bits per heavy atom. The lowest BCUT2D eigenvalue weighted by Crippen LogP contribution is -2.30. The second kappa shape index (κ2) is 6.13. The number of sulfonamides is 1. The molecule has 2 amide bonds. The van der Waals surface area contributed by atoms with Crippen LogP contribution < -0.4 is 15.9 Å². The van der Waals surface area contributed by atoms with Gasteiger partial charge >= 0.3 is 12.0 Å². The Hall–Kier alpha value is -2.17. The minimum Gasteiger partial charge on any atom is -0.479 e. The van der Waals surface area contributed by atoms with Crippen molar-refractivity contribution < 1.29 is 28.0 Å². The molecule has 9 nitrogen and oxygen atoms in total. The Kier molecular flexibility index (Phi) is 4.80. The summed E-state index contributed by atoms with van der Waals surface area (Å²) in [6.45, 7) is -0.704. The zero-order valence-electron chi connectivity index (χ0n) is 9.49. The lowest BCUT2D eigenvalue weighted by Gasteiger charge is -2.07. The van der Waals surface area contributed by atoms with E-state index in [4.69, 9.17) is 10.2 Å². The third-order valence-electron chi connectivity index (χ3n) is 1.78. The zero-order chi connectivity index (χ0) is 14.5. The average Bonchev–Trinajstić information content (AvgIpc) is 2.27. The van der Waals surface area contributed by atoms with Crippen LogP contribution in [0.5, 0.6) is 0 Å². The smallest absolute Gasteiger partial charge is 0.343 e. The molecule has 0 fully saturated rings. The van der Waals surface area contributed by atoms with Gasteiger partial charge in [-0.3, -0.25) is 4.84 Å². The number of nitrogens with one attached hydrogen (secondary N) is 2. The van der Waals surface area contributed by atoms with Crippen molar-refractivity contribution in [2.24, 2.45) is 5.14 Å². The van der Waals surface area contributed by atoms with Crippen molar-refractivity contribution in [1.82, 2.24) is 5.48 Å². The van der Waals surface area contributed by atoms with Crippen LogP contribution in [0.15, 0.2) is 29.2 Å². The molecule has 0 aliphatic carbocycles. The molecular formula is C9H11N3O6S. The highest BCUT2D eigenvalue weighted by atomic mass is 32.2. The molecule has 0 aromatic heterocycles. The van der Waals surface area contributed by atoms with Crippen LogP contribution in [-0.4, -0.2) is 32.1 Å². The summed E-state index contributed by atoms with van der Waals surface area (Å²) < 4.78 is 22.2. The van der Waals surface area contributed by atoms with E-state index < -0.39 is 28.6 Å². The molecule has 5 N–H and O–H groups in total. The Labute approximate surface area is 108 Å². The predicted octanol–water partition coefficient (Wildman–Crippen LogP) is -0.528. The highest BCUT2D eigenvalue weighted by Crippen LogP contribution is 2.13. The fourth-order valence-corrected chi connectivity index (χ4v) is 1.63. The van der Waals surface area contributed by atoms with Crippen LogP contribution in [0.3, 0.4) is 0 Å². The molecule has 0 radical (unpaired) electrons. The topological polar surface area (TPSA) is 148 Å². The number of carbonyl (C=O) groups excluding carboxylic acids is 1. The molecule has 0 bridgehead atoms. The van der Waals surface area contributed by atoms with Crippen LogP contribution in [-0.2, 0) is 19.7 Å². The van der Waals surface area contributed by atoms with Crippen LogP contribution in [0.25, 0.3) is 0 Å². The van der Waals surface area contributed by atoms with E-state index in [9.17, 15) is 18.0 Å². The van der Waals surface area contributed by atoms with E-state index in [2.05, 4.69) is 10.2 Å². The summed E-state index contributed by atoms with van der Waals surface area (Å²) in [5.74, 6) is -1.25. The Morgan fingerprint density at radius 3 is 2.63 bits per heavy atom. The largest absolute Gasteiger partial charge is 0.479 e. The third kappa shape index (κ3) is 5.33. The number of primary sulfonamides is 1. The second-order valence-corrected chi connectivity index (χ2v) is 4.87. The normalized spacial score (nSPS) is 10.8. The molecule has 10 heteroatoms. The molecule has 0 unspecified atom stereocenters. The number of benzene rings is 1. The van der Waals surface area contributed by atoms with Gasteiger partial charge in [0.15, 0.2) is 6.61 Å². The molecule has 0 spiro atoms. The number of carboxylic acids is 1. The number of carboxylic acid groups (broad SMARTS) is 1. The van der Waals surface area contributed by atoms with Gasteiger partial charge in [-0.2, -0.15) is 0 Å². The standard InChI is InChI=1S/C9H11N3O6S/c10-19(16,17)7-3-1-2-6(4-7)11-9(15)12-18-5-8(13)14/h1-4H,5H2,(H,13,14)(H2,10,16,17)(H2,11,12,15). The SMILES string of the molecule is NS(=O)(=O)c1cccc(NC(=O)NOCC(=O)O)c1. The molecule has 1 aromatic rings. The first kappa shape index (κ1) is 14.9. The summed E-state index contributed by atoms with van der Waals surface area (Å²) in [4.78, 5) is 25.5. The van der Waals surface area contributed by atoms with Crippen LogP contribution in [0.4, 0.5) is 10.5 Å². The van der Waals surface area contributed by atoms with Crippen molar-refractivity contribution in [3.05, 3.63) is 24.3 Å². The highest BCUT2D eigenvalue weighted by molar-refractivity contribution is 7.89. The Morgan fingerprint density at radius 2 is 2.05 bits per heavy atom. The quantitative estimate of drug-likeness (QED) is 0.535. The maximum Gasteiger partial charge on any atom is 0.343 e. The third-order valence-corrected chi connectivity index (χ3v) is 2.69. The van der Waals surface area contributed by atoms with Crippen molar-refractivity contribution in [2.75, 3.05) is 11.9 Å². The number of rotatable bonds is 5. The number of aliphatic carboxylic acids is 1. The van der Waals surface area contributed by atoms with Gasteiger partial charge < -0.3 is 10.4 Å². The number of nitrogens with two attached hydrogens (primary N) is 1. The number of hydroxylamine groups is 1. The van der Waals surface area contributed by atoms with Gasteiger partial charge in [-0.25, -0.2) is 28.6 Å². The van der Waals surface area contributed by atoms with E-state index in [1.165, 1.54) is 18.2 Å². The average molecular weight is 289 g/mol. The van der Waals surface area contributed by atoms with Crippen LogP contribution in [0, 0.1) is 0 Å². The fourth-order valence-electron chi connectivity index (χ4n) is 1.07.